The van der Waals surface area contributed by atoms with Crippen molar-refractivity contribution in [2.45, 2.75) is 45.7 Å². The van der Waals surface area contributed by atoms with Gasteiger partial charge in [-0.3, -0.25) is 0 Å². The van der Waals surface area contributed by atoms with E-state index < -0.39 is 0 Å². The molecule has 0 aliphatic heterocycles. The van der Waals surface area contributed by atoms with Crippen molar-refractivity contribution in [3.8, 4) is 39.1 Å². The molecular formula is C71H58N2O2. The second-order valence-corrected chi connectivity index (χ2v) is 20.2. The first kappa shape index (κ1) is 47.2. The number of fused-ring (bicyclic) bond motifs is 6. The molecule has 11 aromatic rings. The molecule has 1 heterocycles. The van der Waals surface area contributed by atoms with E-state index in [4.69, 9.17) is 9.47 Å². The topological polar surface area (TPSA) is 26.6 Å². The number of benzene rings is 10. The van der Waals surface area contributed by atoms with Gasteiger partial charge < -0.3 is 18.9 Å². The van der Waals surface area contributed by atoms with Crippen molar-refractivity contribution >= 4 is 51.0 Å². The third kappa shape index (κ3) is 9.32. The molecule has 4 nitrogen and oxygen atoms in total. The first-order chi connectivity index (χ1) is 36.8. The molecule has 12 rings (SSSR count). The van der Waals surface area contributed by atoms with E-state index in [0.29, 0.717) is 26.4 Å². The van der Waals surface area contributed by atoms with Gasteiger partial charge in [0.2, 0.25) is 0 Å². The van der Waals surface area contributed by atoms with Crippen molar-refractivity contribution < 1.29 is 9.47 Å². The Labute approximate surface area is 440 Å². The second-order valence-electron chi connectivity index (χ2n) is 20.2. The maximum Gasteiger partial charge on any atom is 0.0721 e. The van der Waals surface area contributed by atoms with Crippen LogP contribution < -0.4 is 4.90 Å². The Bertz CT molecular complexity index is 3850. The van der Waals surface area contributed by atoms with Crippen LogP contribution in [0.3, 0.4) is 0 Å². The van der Waals surface area contributed by atoms with E-state index in [1.54, 1.807) is 0 Å². The second kappa shape index (κ2) is 20.2. The minimum Gasteiger partial charge on any atom is -0.372 e. The lowest BCUT2D eigenvalue weighted by Crippen LogP contribution is -2.17. The lowest BCUT2D eigenvalue weighted by Gasteiger charge is -2.28. The van der Waals surface area contributed by atoms with Gasteiger partial charge >= 0.3 is 0 Å². The number of hydrogen-bond donors (Lipinski definition) is 0. The van der Waals surface area contributed by atoms with Gasteiger partial charge in [-0.2, -0.15) is 0 Å². The van der Waals surface area contributed by atoms with Crippen molar-refractivity contribution in [3.05, 3.63) is 288 Å². The number of nitrogens with zero attached hydrogens (tertiary/aromatic N) is 2. The zero-order chi connectivity index (χ0) is 50.9. The van der Waals surface area contributed by atoms with Gasteiger partial charge in [-0.1, -0.05) is 203 Å². The summed E-state index contributed by atoms with van der Waals surface area (Å²) in [4.78, 5) is 2.40. The van der Waals surface area contributed by atoms with Crippen LogP contribution in [-0.4, -0.2) is 4.57 Å². The average Bonchev–Trinajstić information content (AvgIpc) is 3.95. The normalized spacial score (nSPS) is 12.4. The molecule has 75 heavy (non-hydrogen) atoms. The Hall–Kier alpha value is -8.80. The predicted octanol–water partition coefficient (Wildman–Crippen LogP) is 18.6. The van der Waals surface area contributed by atoms with Crippen LogP contribution in [0.25, 0.3) is 73.0 Å². The van der Waals surface area contributed by atoms with Gasteiger partial charge in [-0.25, -0.2) is 0 Å². The third-order valence-corrected chi connectivity index (χ3v) is 15.0. The monoisotopic (exact) mass is 970 g/mol. The van der Waals surface area contributed by atoms with E-state index >= 15 is 0 Å². The van der Waals surface area contributed by atoms with Crippen LogP contribution >= 0.6 is 0 Å². The summed E-state index contributed by atoms with van der Waals surface area (Å²) in [5.41, 5.74) is 23.3. The van der Waals surface area contributed by atoms with Crippen molar-refractivity contribution in [1.29, 1.82) is 0 Å². The van der Waals surface area contributed by atoms with Gasteiger partial charge in [0, 0.05) is 38.9 Å². The smallest absolute Gasteiger partial charge is 0.0721 e. The van der Waals surface area contributed by atoms with Gasteiger partial charge in [-0.05, 0) is 145 Å². The Kier molecular flexibility index (Phi) is 12.7. The molecule has 0 fully saturated rings. The molecule has 0 saturated carbocycles. The van der Waals surface area contributed by atoms with E-state index in [9.17, 15) is 0 Å². The highest BCUT2D eigenvalue weighted by atomic mass is 16.5. The number of para-hydroxylation sites is 1. The van der Waals surface area contributed by atoms with Gasteiger partial charge in [0.05, 0.1) is 37.5 Å². The fourth-order valence-corrected chi connectivity index (χ4v) is 10.9. The lowest BCUT2D eigenvalue weighted by molar-refractivity contribution is 0.107. The van der Waals surface area contributed by atoms with E-state index in [1.165, 1.54) is 66.3 Å². The maximum atomic E-state index is 6.25. The summed E-state index contributed by atoms with van der Waals surface area (Å²) in [5.74, 6) is 0. The SMILES string of the molecule is C=Cc1ccc(COCc2ccc(-n3c4ccccc4c4cc(-c5ccc(N(c6ccc(-c7ccccc7)cc6)c6ccc7c(c6)C(C)(C)c6cc(COCc8ccc(C=C)cc8)ccc6-7)cc5)ccc43)cc2)cc1. The molecule has 0 N–H and O–H groups in total. The molecule has 0 amide bonds. The molecule has 0 spiro atoms. The van der Waals surface area contributed by atoms with Gasteiger partial charge in [0.1, 0.15) is 0 Å². The van der Waals surface area contributed by atoms with E-state index in [0.717, 1.165) is 56.1 Å². The molecule has 0 bridgehead atoms. The zero-order valence-electron chi connectivity index (χ0n) is 42.5. The highest BCUT2D eigenvalue weighted by Crippen LogP contribution is 2.51. The minimum atomic E-state index is -0.219. The molecule has 0 radical (unpaired) electrons. The van der Waals surface area contributed by atoms with Crippen LogP contribution in [0.4, 0.5) is 17.1 Å². The fourth-order valence-electron chi connectivity index (χ4n) is 10.9. The Balaban J connectivity index is 0.829. The molecule has 1 aromatic heterocycles. The molecule has 0 atom stereocenters. The Morgan fingerprint density at radius 1 is 0.400 bits per heavy atom. The van der Waals surface area contributed by atoms with Crippen molar-refractivity contribution in [3.63, 3.8) is 0 Å². The summed E-state index contributed by atoms with van der Waals surface area (Å²) in [6.45, 7) is 14.7. The Morgan fingerprint density at radius 2 is 0.853 bits per heavy atom. The van der Waals surface area contributed by atoms with E-state index in [1.807, 2.05) is 12.2 Å². The van der Waals surface area contributed by atoms with Crippen LogP contribution in [0.2, 0.25) is 0 Å². The summed E-state index contributed by atoms with van der Waals surface area (Å²) in [5, 5.41) is 2.45. The summed E-state index contributed by atoms with van der Waals surface area (Å²) < 4.78 is 14.7. The first-order valence-electron chi connectivity index (χ1n) is 25.9. The number of ether oxygens (including phenoxy) is 2. The number of hydrogen-bond acceptors (Lipinski definition) is 3. The largest absolute Gasteiger partial charge is 0.372 e. The summed E-state index contributed by atoms with van der Waals surface area (Å²) in [7, 11) is 0. The molecule has 0 saturated heterocycles. The Morgan fingerprint density at radius 3 is 1.45 bits per heavy atom. The minimum absolute atomic E-state index is 0.219. The molecule has 4 heteroatoms. The zero-order valence-corrected chi connectivity index (χ0v) is 42.5. The van der Waals surface area contributed by atoms with Crippen molar-refractivity contribution in [2.24, 2.45) is 0 Å². The maximum absolute atomic E-state index is 6.25. The van der Waals surface area contributed by atoms with Crippen LogP contribution in [0.5, 0.6) is 0 Å². The number of aromatic nitrogens is 1. The fraction of sp³-hybridized carbons (Fsp3) is 0.0986. The molecular weight excluding hydrogens is 913 g/mol. The van der Waals surface area contributed by atoms with Crippen LogP contribution in [0.15, 0.2) is 244 Å². The average molecular weight is 971 g/mol. The molecule has 1 aliphatic carbocycles. The van der Waals surface area contributed by atoms with Crippen LogP contribution in [0, 0.1) is 0 Å². The van der Waals surface area contributed by atoms with Gasteiger partial charge in [0.15, 0.2) is 0 Å². The predicted molar refractivity (Wildman–Crippen MR) is 314 cm³/mol. The summed E-state index contributed by atoms with van der Waals surface area (Å²) >= 11 is 0. The number of anilines is 3. The van der Waals surface area contributed by atoms with Crippen molar-refractivity contribution in [2.75, 3.05) is 4.90 Å². The highest BCUT2D eigenvalue weighted by Gasteiger charge is 2.36. The van der Waals surface area contributed by atoms with E-state index in [2.05, 4.69) is 267 Å². The number of rotatable bonds is 16. The first-order valence-corrected chi connectivity index (χ1v) is 25.9. The molecule has 364 valence electrons. The summed E-state index contributed by atoms with van der Waals surface area (Å²) in [6, 6.07) is 83.6. The summed E-state index contributed by atoms with van der Waals surface area (Å²) in [6.07, 6.45) is 3.72. The lowest BCUT2D eigenvalue weighted by atomic mass is 9.82. The molecule has 10 aromatic carbocycles. The van der Waals surface area contributed by atoms with E-state index in [-0.39, 0.29) is 5.41 Å². The van der Waals surface area contributed by atoms with Crippen LogP contribution in [-0.2, 0) is 41.3 Å². The van der Waals surface area contributed by atoms with Crippen molar-refractivity contribution in [1.82, 2.24) is 4.57 Å². The standard InChI is InChI=1S/C71H58N2O2/c1-5-49-16-20-51(21-17-49)45-74-47-53-24-32-61(33-25-53)73-69-15-11-10-14-65(69)66-43-58(31-41-70(66)73)57-29-36-60(37-30-57)72(59-34-27-56(28-35-59)55-12-8-7-9-13-55)62-38-40-64-63-39-26-54(42-67(63)71(3,4)68(64)44-62)48-75-46-52-22-18-50(6-2)19-23-52/h5-44H,1-2,45-48H2,3-4H3. The van der Waals surface area contributed by atoms with Gasteiger partial charge in [0.25, 0.3) is 0 Å². The molecule has 1 aliphatic rings. The van der Waals surface area contributed by atoms with Crippen LogP contribution in [0.1, 0.15) is 58.4 Å². The quantitative estimate of drug-likeness (QED) is 0.0965. The van der Waals surface area contributed by atoms with Gasteiger partial charge in [-0.15, -0.1) is 0 Å². The highest BCUT2D eigenvalue weighted by molar-refractivity contribution is 6.10. The molecule has 0 unspecified atom stereocenters. The third-order valence-electron chi connectivity index (χ3n) is 15.0.